The molecule has 0 fully saturated rings. The molecule has 0 radical (unpaired) electrons. The van der Waals surface area contributed by atoms with E-state index >= 15 is 0 Å². The molecule has 27 heavy (non-hydrogen) atoms. The van der Waals surface area contributed by atoms with Gasteiger partial charge in [-0.05, 0) is 41.3 Å². The molecule has 6 heteroatoms. The summed E-state index contributed by atoms with van der Waals surface area (Å²) >= 11 is 0. The van der Waals surface area contributed by atoms with Crippen LogP contribution in [0.25, 0.3) is 0 Å². The third-order valence-corrected chi connectivity index (χ3v) is 3.79. The van der Waals surface area contributed by atoms with E-state index in [1.807, 2.05) is 12.1 Å². The second-order valence-corrected chi connectivity index (χ2v) is 6.25. The van der Waals surface area contributed by atoms with Gasteiger partial charge in [-0.3, -0.25) is 4.79 Å². The Kier molecular flexibility index (Phi) is 7.38. The van der Waals surface area contributed by atoms with Gasteiger partial charge in [0.2, 0.25) is 0 Å². The van der Waals surface area contributed by atoms with Crippen molar-refractivity contribution in [2.75, 3.05) is 18.5 Å². The molecule has 0 aliphatic rings. The smallest absolute Gasteiger partial charge is 0.344 e. The van der Waals surface area contributed by atoms with Crippen molar-refractivity contribution in [1.29, 1.82) is 5.26 Å². The topological polar surface area (TPSA) is 88.4 Å². The standard InChI is InChI=1S/C21H22N2O4/c1-15(2)17-5-9-19(10-6-17)26-14-21(25)27-13-20(24)23-18-7-3-16(4-8-18)11-12-22/h3-10,15H,11,13-14H2,1-2H3,(H,23,24). The Morgan fingerprint density at radius 3 is 2.30 bits per heavy atom. The minimum Gasteiger partial charge on any atom is -0.482 e. The Hall–Kier alpha value is -3.33. The fourth-order valence-electron chi connectivity index (χ4n) is 2.27. The Morgan fingerprint density at radius 1 is 1.04 bits per heavy atom. The molecule has 1 N–H and O–H groups in total. The number of nitriles is 1. The average molecular weight is 366 g/mol. The minimum atomic E-state index is -0.623. The van der Waals surface area contributed by atoms with Gasteiger partial charge in [0.1, 0.15) is 5.75 Å². The first-order valence-corrected chi connectivity index (χ1v) is 8.62. The van der Waals surface area contributed by atoms with Gasteiger partial charge in [-0.25, -0.2) is 4.79 Å². The first-order valence-electron chi connectivity index (χ1n) is 8.62. The minimum absolute atomic E-state index is 0.267. The summed E-state index contributed by atoms with van der Waals surface area (Å²) in [5.41, 5.74) is 2.61. The van der Waals surface area contributed by atoms with Crippen LogP contribution in [-0.4, -0.2) is 25.1 Å². The zero-order valence-electron chi connectivity index (χ0n) is 15.4. The van der Waals surface area contributed by atoms with Crippen molar-refractivity contribution < 1.29 is 19.1 Å². The molecule has 0 saturated heterocycles. The lowest BCUT2D eigenvalue weighted by molar-refractivity contribution is -0.149. The van der Waals surface area contributed by atoms with E-state index in [9.17, 15) is 9.59 Å². The molecule has 0 saturated carbocycles. The number of hydrogen-bond donors (Lipinski definition) is 1. The summed E-state index contributed by atoms with van der Waals surface area (Å²) in [5.74, 6) is -0.0801. The summed E-state index contributed by atoms with van der Waals surface area (Å²) in [6.45, 7) is 3.53. The van der Waals surface area contributed by atoms with Crippen molar-refractivity contribution in [1.82, 2.24) is 0 Å². The molecule has 0 aliphatic carbocycles. The number of carbonyl (C=O) groups excluding carboxylic acids is 2. The largest absolute Gasteiger partial charge is 0.482 e. The highest BCUT2D eigenvalue weighted by atomic mass is 16.6. The van der Waals surface area contributed by atoms with Gasteiger partial charge in [-0.15, -0.1) is 0 Å². The fourth-order valence-corrected chi connectivity index (χ4v) is 2.27. The molecule has 0 bridgehead atoms. The van der Waals surface area contributed by atoms with Crippen molar-refractivity contribution in [3.05, 3.63) is 59.7 Å². The maximum atomic E-state index is 11.8. The molecule has 140 valence electrons. The quantitative estimate of drug-likeness (QED) is 0.723. The van der Waals surface area contributed by atoms with Crippen LogP contribution in [0.15, 0.2) is 48.5 Å². The monoisotopic (exact) mass is 366 g/mol. The van der Waals surface area contributed by atoms with Crippen LogP contribution >= 0.6 is 0 Å². The van der Waals surface area contributed by atoms with Crippen LogP contribution in [0.4, 0.5) is 5.69 Å². The van der Waals surface area contributed by atoms with E-state index in [-0.39, 0.29) is 6.61 Å². The summed E-state index contributed by atoms with van der Waals surface area (Å²) in [6, 6.07) is 16.4. The number of hydrogen-bond acceptors (Lipinski definition) is 5. The average Bonchev–Trinajstić information content (AvgIpc) is 2.67. The Labute approximate surface area is 158 Å². The number of esters is 1. The highest BCUT2D eigenvalue weighted by molar-refractivity contribution is 5.92. The molecule has 6 nitrogen and oxygen atoms in total. The summed E-state index contributed by atoms with van der Waals surface area (Å²) < 4.78 is 10.3. The number of nitrogens with zero attached hydrogens (tertiary/aromatic N) is 1. The van der Waals surface area contributed by atoms with Crippen molar-refractivity contribution in [2.24, 2.45) is 0 Å². The van der Waals surface area contributed by atoms with Crippen LogP contribution in [0.5, 0.6) is 5.75 Å². The molecule has 0 heterocycles. The third kappa shape index (κ3) is 6.83. The van der Waals surface area contributed by atoms with Crippen molar-refractivity contribution in [3.63, 3.8) is 0 Å². The maximum absolute atomic E-state index is 11.8. The Morgan fingerprint density at radius 2 is 1.70 bits per heavy atom. The van der Waals surface area contributed by atoms with Crippen LogP contribution in [0, 0.1) is 11.3 Å². The van der Waals surface area contributed by atoms with Crippen molar-refractivity contribution in [3.8, 4) is 11.8 Å². The molecule has 0 aromatic heterocycles. The summed E-state index contributed by atoms with van der Waals surface area (Å²) in [5, 5.41) is 11.2. The molecule has 0 aliphatic heterocycles. The predicted molar refractivity (Wildman–Crippen MR) is 101 cm³/mol. The number of ether oxygens (including phenoxy) is 2. The van der Waals surface area contributed by atoms with Crippen molar-refractivity contribution >= 4 is 17.6 Å². The second kappa shape index (κ2) is 9.97. The van der Waals surface area contributed by atoms with Crippen LogP contribution in [0.1, 0.15) is 30.9 Å². The Balaban J connectivity index is 1.71. The van der Waals surface area contributed by atoms with E-state index in [0.717, 1.165) is 5.56 Å². The highest BCUT2D eigenvalue weighted by Gasteiger charge is 2.09. The number of rotatable bonds is 8. The van der Waals surface area contributed by atoms with Crippen molar-refractivity contribution in [2.45, 2.75) is 26.2 Å². The molecule has 0 atom stereocenters. The molecular formula is C21H22N2O4. The van der Waals surface area contributed by atoms with Gasteiger partial charge in [0.05, 0.1) is 12.5 Å². The zero-order valence-corrected chi connectivity index (χ0v) is 15.4. The van der Waals surface area contributed by atoms with Gasteiger partial charge in [-0.2, -0.15) is 5.26 Å². The lowest BCUT2D eigenvalue weighted by Crippen LogP contribution is -2.23. The Bertz CT molecular complexity index is 806. The number of amides is 1. The van der Waals surface area contributed by atoms with E-state index in [2.05, 4.69) is 25.2 Å². The number of benzene rings is 2. The van der Waals surface area contributed by atoms with E-state index in [0.29, 0.717) is 23.8 Å². The fraction of sp³-hybridized carbons (Fsp3) is 0.286. The SMILES string of the molecule is CC(C)c1ccc(OCC(=O)OCC(=O)Nc2ccc(CC#N)cc2)cc1. The first kappa shape index (κ1) is 20.0. The van der Waals surface area contributed by atoms with Gasteiger partial charge in [0, 0.05) is 5.69 Å². The summed E-state index contributed by atoms with van der Waals surface area (Å²) in [7, 11) is 0. The lowest BCUT2D eigenvalue weighted by Gasteiger charge is -2.09. The number of carbonyl (C=O) groups is 2. The number of anilines is 1. The summed E-state index contributed by atoms with van der Waals surface area (Å²) in [6.07, 6.45) is 0.312. The molecule has 1 amide bonds. The van der Waals surface area contributed by atoms with Crippen LogP contribution in [-0.2, 0) is 20.7 Å². The van der Waals surface area contributed by atoms with Gasteiger partial charge < -0.3 is 14.8 Å². The van der Waals surface area contributed by atoms with Gasteiger partial charge in [0.25, 0.3) is 5.91 Å². The molecule has 2 aromatic rings. The molecule has 0 spiro atoms. The zero-order chi connectivity index (χ0) is 19.6. The van der Waals surface area contributed by atoms with Gasteiger partial charge in [-0.1, -0.05) is 38.1 Å². The predicted octanol–water partition coefficient (Wildman–Crippen LogP) is 3.44. The van der Waals surface area contributed by atoms with E-state index in [4.69, 9.17) is 14.7 Å². The third-order valence-electron chi connectivity index (χ3n) is 3.79. The highest BCUT2D eigenvalue weighted by Crippen LogP contribution is 2.18. The van der Waals surface area contributed by atoms with Crippen LogP contribution in [0.3, 0.4) is 0 Å². The van der Waals surface area contributed by atoms with Gasteiger partial charge >= 0.3 is 5.97 Å². The van der Waals surface area contributed by atoms with E-state index in [1.54, 1.807) is 36.4 Å². The molecule has 2 rings (SSSR count). The van der Waals surface area contributed by atoms with Gasteiger partial charge in [0.15, 0.2) is 13.2 Å². The second-order valence-electron chi connectivity index (χ2n) is 6.25. The normalized spacial score (nSPS) is 10.1. The molecular weight excluding hydrogens is 344 g/mol. The van der Waals surface area contributed by atoms with Crippen LogP contribution in [0.2, 0.25) is 0 Å². The first-order chi connectivity index (χ1) is 13.0. The maximum Gasteiger partial charge on any atom is 0.344 e. The molecule has 2 aromatic carbocycles. The summed E-state index contributed by atoms with van der Waals surface area (Å²) in [4.78, 5) is 23.5. The molecule has 0 unspecified atom stereocenters. The van der Waals surface area contributed by atoms with E-state index in [1.165, 1.54) is 5.56 Å². The lowest BCUT2D eigenvalue weighted by atomic mass is 10.0. The number of nitrogens with one attached hydrogen (secondary N) is 1. The van der Waals surface area contributed by atoms with E-state index < -0.39 is 18.5 Å². The van der Waals surface area contributed by atoms with Crippen LogP contribution < -0.4 is 10.1 Å².